The number of aliphatic carboxylic acids is 1. The van der Waals surface area contributed by atoms with Crippen LogP contribution in [0, 0.1) is 0 Å². The molecule has 0 atom stereocenters. The van der Waals surface area contributed by atoms with Crippen LogP contribution in [0.2, 0.25) is 0 Å². The highest BCUT2D eigenvalue weighted by Gasteiger charge is 2.10. The van der Waals surface area contributed by atoms with E-state index >= 15 is 0 Å². The molecule has 0 aliphatic rings. The average molecular weight is 277 g/mol. The second-order valence-corrected chi connectivity index (χ2v) is 4.28. The Morgan fingerprint density at radius 2 is 2.05 bits per heavy atom. The summed E-state index contributed by atoms with van der Waals surface area (Å²) in [6.45, 7) is 3.90. The molecule has 5 heteroatoms. The third kappa shape index (κ3) is 5.14. The maximum Gasteiger partial charge on any atom is 0.352 e. The predicted octanol–water partition coefficient (Wildman–Crippen LogP) is 2.43. The summed E-state index contributed by atoms with van der Waals surface area (Å²) in [6, 6.07) is 7.12. The maximum atomic E-state index is 11.1. The Balaban J connectivity index is 2.98. The molecule has 1 aromatic rings. The van der Waals surface area contributed by atoms with Gasteiger partial charge in [0.15, 0.2) is 0 Å². The molecule has 5 nitrogen and oxygen atoms in total. The molecule has 2 N–H and O–H groups in total. The lowest BCUT2D eigenvalue weighted by atomic mass is 10.1. The molecular weight excluding hydrogens is 258 g/mol. The van der Waals surface area contributed by atoms with Gasteiger partial charge in [0, 0.05) is 12.5 Å². The van der Waals surface area contributed by atoms with Gasteiger partial charge in [0.05, 0.1) is 6.61 Å². The number of para-hydroxylation sites is 1. The second kappa shape index (κ2) is 7.99. The zero-order chi connectivity index (χ0) is 15.0. The molecule has 0 aliphatic carbocycles. The van der Waals surface area contributed by atoms with Crippen LogP contribution < -0.4 is 10.1 Å². The number of carboxylic acids is 1. The van der Waals surface area contributed by atoms with E-state index < -0.39 is 11.9 Å². The summed E-state index contributed by atoms with van der Waals surface area (Å²) in [7, 11) is 0. The molecule has 0 unspecified atom stereocenters. The summed E-state index contributed by atoms with van der Waals surface area (Å²) in [6.07, 6.45) is 3.34. The molecule has 1 amide bonds. The van der Waals surface area contributed by atoms with Crippen LogP contribution in [0.1, 0.15) is 32.3 Å². The fourth-order valence-electron chi connectivity index (χ4n) is 1.55. The molecule has 108 valence electrons. The lowest BCUT2D eigenvalue weighted by molar-refractivity contribution is -0.134. The Kier molecular flexibility index (Phi) is 6.29. The highest BCUT2D eigenvalue weighted by atomic mass is 16.5. The minimum atomic E-state index is -1.19. The van der Waals surface area contributed by atoms with Crippen molar-refractivity contribution < 1.29 is 19.4 Å². The van der Waals surface area contributed by atoms with Crippen LogP contribution >= 0.6 is 0 Å². The van der Waals surface area contributed by atoms with E-state index in [9.17, 15) is 9.59 Å². The van der Waals surface area contributed by atoms with Crippen molar-refractivity contribution in [1.82, 2.24) is 5.32 Å². The summed E-state index contributed by atoms with van der Waals surface area (Å²) in [4.78, 5) is 22.1. The van der Waals surface area contributed by atoms with Crippen molar-refractivity contribution in [3.05, 3.63) is 35.5 Å². The Labute approximate surface area is 118 Å². The van der Waals surface area contributed by atoms with Crippen LogP contribution in [0.25, 0.3) is 6.08 Å². The zero-order valence-electron chi connectivity index (χ0n) is 11.7. The number of hydrogen-bond donors (Lipinski definition) is 2. The van der Waals surface area contributed by atoms with Gasteiger partial charge in [-0.2, -0.15) is 0 Å². The first-order chi connectivity index (χ1) is 9.54. The number of carbonyl (C=O) groups is 2. The number of nitrogens with one attached hydrogen (secondary N) is 1. The summed E-state index contributed by atoms with van der Waals surface area (Å²) >= 11 is 0. The molecule has 0 aromatic heterocycles. The molecule has 1 aromatic carbocycles. The number of rotatable bonds is 7. The van der Waals surface area contributed by atoms with E-state index in [0.29, 0.717) is 17.9 Å². The van der Waals surface area contributed by atoms with E-state index in [1.807, 2.05) is 6.07 Å². The minimum Gasteiger partial charge on any atom is -0.493 e. The molecule has 0 aliphatic heterocycles. The molecule has 0 fully saturated rings. The number of hydrogen-bond acceptors (Lipinski definition) is 3. The van der Waals surface area contributed by atoms with E-state index in [1.165, 1.54) is 13.0 Å². The largest absolute Gasteiger partial charge is 0.493 e. The molecular formula is C15H19NO4. The van der Waals surface area contributed by atoms with E-state index in [1.54, 1.807) is 18.2 Å². The van der Waals surface area contributed by atoms with Crippen molar-refractivity contribution in [2.24, 2.45) is 0 Å². The van der Waals surface area contributed by atoms with E-state index in [4.69, 9.17) is 9.84 Å². The van der Waals surface area contributed by atoms with Gasteiger partial charge in [-0.15, -0.1) is 0 Å². The Morgan fingerprint density at radius 1 is 1.35 bits per heavy atom. The highest BCUT2D eigenvalue weighted by molar-refractivity contribution is 5.96. The fourth-order valence-corrected chi connectivity index (χ4v) is 1.55. The molecule has 0 saturated heterocycles. The molecule has 0 bridgehead atoms. The number of amides is 1. The van der Waals surface area contributed by atoms with Gasteiger partial charge in [-0.1, -0.05) is 31.5 Å². The first-order valence-corrected chi connectivity index (χ1v) is 6.49. The first kappa shape index (κ1) is 15.8. The minimum absolute atomic E-state index is 0.177. The zero-order valence-corrected chi connectivity index (χ0v) is 11.7. The van der Waals surface area contributed by atoms with Crippen LogP contribution in [0.5, 0.6) is 5.75 Å². The number of carbonyl (C=O) groups excluding carboxylic acids is 1. The lowest BCUT2D eigenvalue weighted by Gasteiger charge is -2.09. The highest BCUT2D eigenvalue weighted by Crippen LogP contribution is 2.21. The van der Waals surface area contributed by atoms with Gasteiger partial charge in [0.25, 0.3) is 0 Å². The standard InChI is InChI=1S/C15H19NO4/c1-3-4-9-20-14-8-6-5-7-12(14)10-13(15(18)19)16-11(2)17/h5-8,10H,3-4,9H2,1-2H3,(H,16,17)(H,18,19). The normalized spacial score (nSPS) is 11.0. The first-order valence-electron chi connectivity index (χ1n) is 6.49. The molecule has 1 rings (SSSR count). The smallest absolute Gasteiger partial charge is 0.352 e. The van der Waals surface area contributed by atoms with E-state index in [-0.39, 0.29) is 5.70 Å². The van der Waals surface area contributed by atoms with Crippen molar-refractivity contribution >= 4 is 18.0 Å². The molecule has 20 heavy (non-hydrogen) atoms. The van der Waals surface area contributed by atoms with E-state index in [0.717, 1.165) is 12.8 Å². The van der Waals surface area contributed by atoms with Gasteiger partial charge < -0.3 is 15.2 Å². The maximum absolute atomic E-state index is 11.1. The van der Waals surface area contributed by atoms with Gasteiger partial charge in [-0.3, -0.25) is 4.79 Å². The van der Waals surface area contributed by atoms with Crippen LogP contribution in [0.15, 0.2) is 30.0 Å². The van der Waals surface area contributed by atoms with Gasteiger partial charge in [0.1, 0.15) is 11.4 Å². The van der Waals surface area contributed by atoms with Gasteiger partial charge in [0.2, 0.25) is 5.91 Å². The lowest BCUT2D eigenvalue weighted by Crippen LogP contribution is -2.24. The van der Waals surface area contributed by atoms with Crippen molar-refractivity contribution in [3.63, 3.8) is 0 Å². The fraction of sp³-hybridized carbons (Fsp3) is 0.333. The van der Waals surface area contributed by atoms with Crippen LogP contribution in [0.3, 0.4) is 0 Å². The number of ether oxygens (including phenoxy) is 1. The number of benzene rings is 1. The molecule has 0 heterocycles. The topological polar surface area (TPSA) is 75.6 Å². The molecule has 0 spiro atoms. The van der Waals surface area contributed by atoms with Gasteiger partial charge in [-0.25, -0.2) is 4.79 Å². The monoisotopic (exact) mass is 277 g/mol. The van der Waals surface area contributed by atoms with Gasteiger partial charge >= 0.3 is 5.97 Å². The van der Waals surface area contributed by atoms with Crippen molar-refractivity contribution in [1.29, 1.82) is 0 Å². The third-order valence-corrected chi connectivity index (χ3v) is 2.52. The van der Waals surface area contributed by atoms with Crippen LogP contribution in [-0.4, -0.2) is 23.6 Å². The Bertz CT molecular complexity index is 508. The summed E-state index contributed by atoms with van der Waals surface area (Å²) in [5.74, 6) is -1.02. The number of unbranched alkanes of at least 4 members (excludes halogenated alkanes) is 1. The predicted molar refractivity (Wildman–Crippen MR) is 76.3 cm³/mol. The Hall–Kier alpha value is -2.30. The second-order valence-electron chi connectivity index (χ2n) is 4.28. The van der Waals surface area contributed by atoms with Crippen molar-refractivity contribution in [3.8, 4) is 5.75 Å². The third-order valence-electron chi connectivity index (χ3n) is 2.52. The average Bonchev–Trinajstić information content (AvgIpc) is 2.39. The van der Waals surface area contributed by atoms with Crippen LogP contribution in [0.4, 0.5) is 0 Å². The van der Waals surface area contributed by atoms with Gasteiger partial charge in [-0.05, 0) is 18.6 Å². The van der Waals surface area contributed by atoms with Crippen LogP contribution in [-0.2, 0) is 9.59 Å². The quantitative estimate of drug-likeness (QED) is 0.593. The van der Waals surface area contributed by atoms with Crippen molar-refractivity contribution in [2.45, 2.75) is 26.7 Å². The SMILES string of the molecule is CCCCOc1ccccc1C=C(NC(C)=O)C(=O)O. The van der Waals surface area contributed by atoms with Crippen molar-refractivity contribution in [2.75, 3.05) is 6.61 Å². The summed E-state index contributed by atoms with van der Waals surface area (Å²) < 4.78 is 5.61. The summed E-state index contributed by atoms with van der Waals surface area (Å²) in [5.41, 5.74) is 0.443. The number of carboxylic acid groups (broad SMARTS) is 1. The summed E-state index contributed by atoms with van der Waals surface area (Å²) in [5, 5.41) is 11.4. The van der Waals surface area contributed by atoms with E-state index in [2.05, 4.69) is 12.2 Å². The molecule has 0 radical (unpaired) electrons. The Morgan fingerprint density at radius 3 is 2.65 bits per heavy atom. The molecule has 0 saturated carbocycles.